The van der Waals surface area contributed by atoms with Gasteiger partial charge in [-0.15, -0.1) is 0 Å². The average molecular weight is 184 g/mol. The fraction of sp³-hybridized carbons (Fsp3) is 0.571. The minimum atomic E-state index is -0.354. The lowest BCUT2D eigenvalue weighted by Gasteiger charge is -2.08. The summed E-state index contributed by atoms with van der Waals surface area (Å²) in [4.78, 5) is 11.3. The van der Waals surface area contributed by atoms with E-state index in [1.807, 2.05) is 13.8 Å². The number of nitrogen functional groups attached to an aromatic ring is 1. The van der Waals surface area contributed by atoms with Gasteiger partial charge >= 0.3 is 0 Å². The number of nitrogens with two attached hydrogens (primary N) is 1. The van der Waals surface area contributed by atoms with E-state index in [4.69, 9.17) is 5.73 Å². The predicted molar refractivity (Wildman–Crippen MR) is 45.9 cm³/mol. The van der Waals surface area contributed by atoms with Crippen LogP contribution in [0, 0.1) is 0 Å². The minimum absolute atomic E-state index is 0.0146. The Kier molecular flexibility index (Phi) is 2.84. The molecule has 1 unspecified atom stereocenters. The molecule has 1 amide bonds. The zero-order chi connectivity index (χ0) is 9.84. The minimum Gasteiger partial charge on any atom is -0.379 e. The normalized spacial score (nSPS) is 12.5. The van der Waals surface area contributed by atoms with Gasteiger partial charge in [0.1, 0.15) is 0 Å². The molecule has 0 aromatic carbocycles. The molecular weight excluding hydrogens is 172 g/mol. The molecule has 0 bridgehead atoms. The maximum Gasteiger partial charge on any atom is 0.277 e. The molecule has 6 nitrogen and oxygen atoms in total. The lowest BCUT2D eigenvalue weighted by Crippen LogP contribution is -2.32. The van der Waals surface area contributed by atoms with Crippen LogP contribution >= 0.6 is 0 Å². The van der Waals surface area contributed by atoms with Crippen LogP contribution in [0.15, 0.2) is 4.63 Å². The Morgan fingerprint density at radius 1 is 1.69 bits per heavy atom. The number of carbonyl (C=O) groups excluding carboxylic acids is 1. The van der Waals surface area contributed by atoms with Gasteiger partial charge in [0, 0.05) is 6.04 Å². The molecule has 1 rings (SSSR count). The van der Waals surface area contributed by atoms with Crippen molar-refractivity contribution in [1.82, 2.24) is 15.6 Å². The Balaban J connectivity index is 2.64. The third-order valence-corrected chi connectivity index (χ3v) is 1.72. The SMILES string of the molecule is CCC(C)NC(=O)c1nonc1N. The summed E-state index contributed by atoms with van der Waals surface area (Å²) in [7, 11) is 0. The molecule has 0 aliphatic carbocycles. The number of amides is 1. The maximum atomic E-state index is 11.3. The number of carbonyl (C=O) groups is 1. The first-order valence-corrected chi connectivity index (χ1v) is 4.04. The largest absolute Gasteiger partial charge is 0.379 e. The summed E-state index contributed by atoms with van der Waals surface area (Å²) >= 11 is 0. The van der Waals surface area contributed by atoms with E-state index in [-0.39, 0.29) is 23.5 Å². The molecule has 0 radical (unpaired) electrons. The molecular formula is C7H12N4O2. The molecule has 1 aromatic heterocycles. The number of nitrogens with one attached hydrogen (secondary N) is 1. The summed E-state index contributed by atoms with van der Waals surface area (Å²) in [6.45, 7) is 3.86. The zero-order valence-electron chi connectivity index (χ0n) is 7.57. The van der Waals surface area contributed by atoms with Gasteiger partial charge in [-0.3, -0.25) is 4.79 Å². The first-order valence-electron chi connectivity index (χ1n) is 4.04. The van der Waals surface area contributed by atoms with Crippen molar-refractivity contribution in [1.29, 1.82) is 0 Å². The van der Waals surface area contributed by atoms with Crippen molar-refractivity contribution >= 4 is 11.7 Å². The molecule has 0 saturated carbocycles. The monoisotopic (exact) mass is 184 g/mol. The summed E-state index contributed by atoms with van der Waals surface area (Å²) in [5.74, 6) is -0.339. The molecule has 0 fully saturated rings. The Morgan fingerprint density at radius 3 is 2.85 bits per heavy atom. The molecule has 3 N–H and O–H groups in total. The van der Waals surface area contributed by atoms with Crippen molar-refractivity contribution in [2.45, 2.75) is 26.3 Å². The van der Waals surface area contributed by atoms with Crippen molar-refractivity contribution in [3.63, 3.8) is 0 Å². The lowest BCUT2D eigenvalue weighted by atomic mass is 10.2. The van der Waals surface area contributed by atoms with Gasteiger partial charge in [-0.25, -0.2) is 4.63 Å². The van der Waals surface area contributed by atoms with Crippen LogP contribution < -0.4 is 11.1 Å². The molecule has 13 heavy (non-hydrogen) atoms. The van der Waals surface area contributed by atoms with Crippen LogP contribution in [0.5, 0.6) is 0 Å². The third kappa shape index (κ3) is 2.17. The Morgan fingerprint density at radius 2 is 2.38 bits per heavy atom. The molecule has 1 aromatic rings. The molecule has 1 heterocycles. The fourth-order valence-corrected chi connectivity index (χ4v) is 0.747. The van der Waals surface area contributed by atoms with Crippen molar-refractivity contribution in [3.8, 4) is 0 Å². The van der Waals surface area contributed by atoms with Gasteiger partial charge in [0.15, 0.2) is 0 Å². The summed E-state index contributed by atoms with van der Waals surface area (Å²) in [6, 6.07) is 0.0867. The number of anilines is 1. The molecule has 6 heteroatoms. The van der Waals surface area contributed by atoms with E-state index in [2.05, 4.69) is 20.3 Å². The first kappa shape index (κ1) is 9.50. The highest BCUT2D eigenvalue weighted by atomic mass is 16.6. The highest BCUT2D eigenvalue weighted by Crippen LogP contribution is 2.04. The van der Waals surface area contributed by atoms with Crippen LogP contribution in [-0.4, -0.2) is 22.3 Å². The lowest BCUT2D eigenvalue weighted by molar-refractivity contribution is 0.0930. The molecule has 1 atom stereocenters. The van der Waals surface area contributed by atoms with E-state index < -0.39 is 0 Å². The summed E-state index contributed by atoms with van der Waals surface area (Å²) in [5, 5.41) is 9.37. The van der Waals surface area contributed by atoms with Crippen LogP contribution in [-0.2, 0) is 0 Å². The fourth-order valence-electron chi connectivity index (χ4n) is 0.747. The number of rotatable bonds is 3. The van der Waals surface area contributed by atoms with E-state index in [9.17, 15) is 4.79 Å². The van der Waals surface area contributed by atoms with E-state index >= 15 is 0 Å². The van der Waals surface area contributed by atoms with E-state index in [1.54, 1.807) is 0 Å². The number of hydrogen-bond donors (Lipinski definition) is 2. The quantitative estimate of drug-likeness (QED) is 0.698. The second-order valence-corrected chi connectivity index (χ2v) is 2.78. The Bertz CT molecular complexity index is 296. The molecule has 0 spiro atoms. The van der Waals surface area contributed by atoms with Gasteiger partial charge in [-0.05, 0) is 23.7 Å². The van der Waals surface area contributed by atoms with Crippen LogP contribution in [0.3, 0.4) is 0 Å². The van der Waals surface area contributed by atoms with Crippen LogP contribution in [0.2, 0.25) is 0 Å². The van der Waals surface area contributed by atoms with Gasteiger partial charge in [0.25, 0.3) is 5.91 Å². The summed E-state index contributed by atoms with van der Waals surface area (Å²) < 4.78 is 4.30. The van der Waals surface area contributed by atoms with Crippen LogP contribution in [0.1, 0.15) is 30.8 Å². The van der Waals surface area contributed by atoms with Gasteiger partial charge in [-0.1, -0.05) is 6.92 Å². The Labute approximate surface area is 75.4 Å². The van der Waals surface area contributed by atoms with Gasteiger partial charge < -0.3 is 11.1 Å². The summed E-state index contributed by atoms with van der Waals surface area (Å²) in [6.07, 6.45) is 0.844. The van der Waals surface area contributed by atoms with Crippen molar-refractivity contribution in [2.24, 2.45) is 0 Å². The first-order chi connectivity index (χ1) is 6.15. The Hall–Kier alpha value is -1.59. The van der Waals surface area contributed by atoms with E-state index in [0.717, 1.165) is 6.42 Å². The van der Waals surface area contributed by atoms with Gasteiger partial charge in [0.2, 0.25) is 11.5 Å². The summed E-state index contributed by atoms with van der Waals surface area (Å²) in [5.41, 5.74) is 5.37. The van der Waals surface area contributed by atoms with E-state index in [0.29, 0.717) is 0 Å². The molecule has 0 aliphatic rings. The molecule has 0 saturated heterocycles. The maximum absolute atomic E-state index is 11.3. The van der Waals surface area contributed by atoms with Gasteiger partial charge in [0.05, 0.1) is 0 Å². The highest BCUT2D eigenvalue weighted by molar-refractivity contribution is 5.96. The van der Waals surface area contributed by atoms with Crippen molar-refractivity contribution < 1.29 is 9.42 Å². The second-order valence-electron chi connectivity index (χ2n) is 2.78. The smallest absolute Gasteiger partial charge is 0.277 e. The van der Waals surface area contributed by atoms with E-state index in [1.165, 1.54) is 0 Å². The van der Waals surface area contributed by atoms with Crippen molar-refractivity contribution in [3.05, 3.63) is 5.69 Å². The van der Waals surface area contributed by atoms with Crippen LogP contribution in [0.4, 0.5) is 5.82 Å². The van der Waals surface area contributed by atoms with Crippen LogP contribution in [0.25, 0.3) is 0 Å². The average Bonchev–Trinajstić information content (AvgIpc) is 2.51. The number of hydrogen-bond acceptors (Lipinski definition) is 5. The highest BCUT2D eigenvalue weighted by Gasteiger charge is 2.16. The third-order valence-electron chi connectivity index (χ3n) is 1.72. The van der Waals surface area contributed by atoms with Crippen molar-refractivity contribution in [2.75, 3.05) is 5.73 Å². The number of nitrogens with zero attached hydrogens (tertiary/aromatic N) is 2. The molecule has 0 aliphatic heterocycles. The standard InChI is InChI=1S/C7H12N4O2/c1-3-4(2)9-7(12)5-6(8)11-13-10-5/h4H,3H2,1-2H3,(H2,8,11)(H,9,12). The second kappa shape index (κ2) is 3.88. The van der Waals surface area contributed by atoms with Gasteiger partial charge in [-0.2, -0.15) is 0 Å². The topological polar surface area (TPSA) is 94.0 Å². The number of aromatic nitrogens is 2. The predicted octanol–water partition coefficient (Wildman–Crippen LogP) is 0.180. The molecule has 72 valence electrons. The zero-order valence-corrected chi connectivity index (χ0v) is 7.57.